The number of fused-ring (bicyclic) bond motifs is 1. The maximum atomic E-state index is 13.0. The molecule has 27 heavy (non-hydrogen) atoms. The van der Waals surface area contributed by atoms with Crippen LogP contribution in [0.1, 0.15) is 62.8 Å². The van der Waals surface area contributed by atoms with Crippen LogP contribution in [0.3, 0.4) is 0 Å². The summed E-state index contributed by atoms with van der Waals surface area (Å²) in [6.45, 7) is 9.77. The highest BCUT2D eigenvalue weighted by Crippen LogP contribution is 2.36. The third kappa shape index (κ3) is 4.36. The zero-order chi connectivity index (χ0) is 19.6. The zero-order valence-electron chi connectivity index (χ0n) is 16.6. The van der Waals surface area contributed by atoms with E-state index >= 15 is 0 Å². The van der Waals surface area contributed by atoms with Crippen LogP contribution >= 0.6 is 11.6 Å². The second kappa shape index (κ2) is 8.45. The van der Waals surface area contributed by atoms with E-state index in [1.165, 1.54) is 5.56 Å². The van der Waals surface area contributed by atoms with E-state index in [0.29, 0.717) is 17.1 Å². The van der Waals surface area contributed by atoms with Crippen molar-refractivity contribution in [1.29, 1.82) is 0 Å². The first-order chi connectivity index (χ1) is 12.9. The van der Waals surface area contributed by atoms with Crippen molar-refractivity contribution in [2.45, 2.75) is 58.2 Å². The number of halogens is 1. The number of rotatable bonds is 6. The van der Waals surface area contributed by atoms with Gasteiger partial charge in [0.2, 0.25) is 5.91 Å². The van der Waals surface area contributed by atoms with Crippen molar-refractivity contribution < 1.29 is 4.79 Å². The molecule has 0 saturated heterocycles. The van der Waals surface area contributed by atoms with Crippen LogP contribution in [-0.2, 0) is 4.79 Å². The van der Waals surface area contributed by atoms with Crippen LogP contribution < -0.4 is 5.32 Å². The average molecular weight is 385 g/mol. The molecule has 144 valence electrons. The number of nitrogens with one attached hydrogen (secondary N) is 1. The molecule has 0 spiro atoms. The van der Waals surface area contributed by atoms with Gasteiger partial charge in [-0.15, -0.1) is 0 Å². The Kier molecular flexibility index (Phi) is 6.23. The summed E-state index contributed by atoms with van der Waals surface area (Å²) in [7, 11) is 0. The first-order valence-electron chi connectivity index (χ1n) is 9.79. The van der Waals surface area contributed by atoms with Gasteiger partial charge in [0.15, 0.2) is 0 Å². The topological polar surface area (TPSA) is 32.3 Å². The van der Waals surface area contributed by atoms with Gasteiger partial charge in [-0.05, 0) is 69.5 Å². The number of carbonyl (C=O) groups is 1. The second-order valence-electron chi connectivity index (χ2n) is 7.89. The van der Waals surface area contributed by atoms with E-state index in [9.17, 15) is 4.79 Å². The molecule has 0 fully saturated rings. The van der Waals surface area contributed by atoms with Crippen LogP contribution in [0.5, 0.6) is 0 Å². The van der Waals surface area contributed by atoms with E-state index in [4.69, 9.17) is 11.6 Å². The minimum atomic E-state index is -0.117. The van der Waals surface area contributed by atoms with Gasteiger partial charge in [0.05, 0.1) is 12.0 Å². The molecule has 2 aromatic carbocycles. The Hall–Kier alpha value is -1.84. The first-order valence-corrected chi connectivity index (χ1v) is 10.2. The van der Waals surface area contributed by atoms with E-state index in [2.05, 4.69) is 50.0 Å². The summed E-state index contributed by atoms with van der Waals surface area (Å²) in [5.74, 6) is 0.00543. The molecule has 1 N–H and O–H groups in total. The molecular weight excluding hydrogens is 356 g/mol. The van der Waals surface area contributed by atoms with Crippen LogP contribution in [0.15, 0.2) is 48.5 Å². The molecule has 0 saturated carbocycles. The average Bonchev–Trinajstić information content (AvgIpc) is 2.63. The van der Waals surface area contributed by atoms with E-state index in [0.717, 1.165) is 24.1 Å². The number of hydrogen-bond acceptors (Lipinski definition) is 2. The molecule has 3 rings (SSSR count). The predicted octanol–water partition coefficient (Wildman–Crippen LogP) is 5.15. The normalized spacial score (nSPS) is 19.5. The fraction of sp³-hybridized carbons (Fsp3) is 0.435. The second-order valence-corrected chi connectivity index (χ2v) is 8.33. The molecular formula is C23H29ClN2O. The van der Waals surface area contributed by atoms with Gasteiger partial charge in [-0.25, -0.2) is 0 Å². The smallest absolute Gasteiger partial charge is 0.228 e. The summed E-state index contributed by atoms with van der Waals surface area (Å²) < 4.78 is 0. The van der Waals surface area contributed by atoms with E-state index in [1.54, 1.807) is 0 Å². The molecule has 1 amide bonds. The first kappa shape index (κ1) is 19.9. The molecule has 2 aromatic rings. The lowest BCUT2D eigenvalue weighted by Gasteiger charge is -2.35. The van der Waals surface area contributed by atoms with Crippen LogP contribution in [0, 0.1) is 0 Å². The van der Waals surface area contributed by atoms with E-state index in [-0.39, 0.29) is 17.9 Å². The number of carbonyl (C=O) groups excluding carboxylic acids is 1. The number of nitrogens with zero attached hydrogens (tertiary/aromatic N) is 1. The monoisotopic (exact) mass is 384 g/mol. The molecule has 0 radical (unpaired) electrons. The fourth-order valence-corrected chi connectivity index (χ4v) is 4.27. The summed E-state index contributed by atoms with van der Waals surface area (Å²) in [5.41, 5.74) is 3.39. The quantitative estimate of drug-likeness (QED) is 0.746. The summed E-state index contributed by atoms with van der Waals surface area (Å²) in [4.78, 5) is 15.4. The molecule has 2 unspecified atom stereocenters. The summed E-state index contributed by atoms with van der Waals surface area (Å²) >= 11 is 6.03. The van der Waals surface area contributed by atoms with E-state index in [1.807, 2.05) is 36.4 Å². The maximum Gasteiger partial charge on any atom is 0.228 e. The molecule has 1 heterocycles. The molecule has 1 aliphatic heterocycles. The number of amides is 1. The zero-order valence-corrected chi connectivity index (χ0v) is 17.3. The van der Waals surface area contributed by atoms with Gasteiger partial charge >= 0.3 is 0 Å². The Balaban J connectivity index is 1.87. The third-order valence-corrected chi connectivity index (χ3v) is 5.74. The highest BCUT2D eigenvalue weighted by Gasteiger charge is 2.34. The summed E-state index contributed by atoms with van der Waals surface area (Å²) in [5, 5.41) is 3.94. The molecule has 3 nitrogen and oxygen atoms in total. The van der Waals surface area contributed by atoms with Crippen molar-refractivity contribution in [1.82, 2.24) is 10.2 Å². The van der Waals surface area contributed by atoms with Gasteiger partial charge in [-0.2, -0.15) is 0 Å². The molecule has 0 aromatic heterocycles. The lowest BCUT2D eigenvalue weighted by molar-refractivity contribution is -0.124. The van der Waals surface area contributed by atoms with Crippen molar-refractivity contribution in [3.8, 4) is 0 Å². The number of benzene rings is 2. The fourth-order valence-electron chi connectivity index (χ4n) is 4.15. The predicted molar refractivity (Wildman–Crippen MR) is 112 cm³/mol. The van der Waals surface area contributed by atoms with Gasteiger partial charge in [0.1, 0.15) is 0 Å². The molecule has 0 aliphatic carbocycles. The summed E-state index contributed by atoms with van der Waals surface area (Å²) in [6, 6.07) is 16.9. The minimum absolute atomic E-state index is 0.107. The molecule has 2 atom stereocenters. The third-order valence-electron chi connectivity index (χ3n) is 5.49. The van der Waals surface area contributed by atoms with Crippen LogP contribution in [-0.4, -0.2) is 29.4 Å². The van der Waals surface area contributed by atoms with Gasteiger partial charge in [-0.3, -0.25) is 9.69 Å². The highest BCUT2D eigenvalue weighted by atomic mass is 35.5. The van der Waals surface area contributed by atoms with Crippen molar-refractivity contribution in [2.24, 2.45) is 0 Å². The van der Waals surface area contributed by atoms with Crippen molar-refractivity contribution in [2.75, 3.05) is 6.54 Å². The SMILES string of the molecule is CC(C)N(CCC1C(=O)NC(c2ccc(Cl)cc2)c2ccccc21)C(C)C. The lowest BCUT2D eigenvalue weighted by Crippen LogP contribution is -2.42. The van der Waals surface area contributed by atoms with Crippen molar-refractivity contribution >= 4 is 17.5 Å². The summed E-state index contributed by atoms with van der Waals surface area (Å²) in [6.07, 6.45) is 0.826. The Morgan fingerprint density at radius 3 is 2.15 bits per heavy atom. The largest absolute Gasteiger partial charge is 0.345 e. The van der Waals surface area contributed by atoms with Crippen LogP contribution in [0.25, 0.3) is 0 Å². The van der Waals surface area contributed by atoms with Crippen LogP contribution in [0.4, 0.5) is 0 Å². The highest BCUT2D eigenvalue weighted by molar-refractivity contribution is 6.30. The lowest BCUT2D eigenvalue weighted by atomic mass is 9.82. The van der Waals surface area contributed by atoms with Gasteiger partial charge < -0.3 is 5.32 Å². The van der Waals surface area contributed by atoms with Gasteiger partial charge in [0.25, 0.3) is 0 Å². The Morgan fingerprint density at radius 2 is 1.56 bits per heavy atom. The van der Waals surface area contributed by atoms with Crippen molar-refractivity contribution in [3.63, 3.8) is 0 Å². The maximum absolute atomic E-state index is 13.0. The Labute approximate surface area is 167 Å². The molecule has 1 aliphatic rings. The van der Waals surface area contributed by atoms with E-state index < -0.39 is 0 Å². The Morgan fingerprint density at radius 1 is 0.963 bits per heavy atom. The van der Waals surface area contributed by atoms with Crippen molar-refractivity contribution in [3.05, 3.63) is 70.2 Å². The van der Waals surface area contributed by atoms with Gasteiger partial charge in [0, 0.05) is 17.1 Å². The molecule has 0 bridgehead atoms. The van der Waals surface area contributed by atoms with Crippen LogP contribution in [0.2, 0.25) is 5.02 Å². The number of hydrogen-bond donors (Lipinski definition) is 1. The standard InChI is InChI=1S/C23H29ClN2O/c1-15(2)26(16(3)4)14-13-21-19-7-5-6-8-20(19)22(25-23(21)27)17-9-11-18(24)12-10-17/h5-12,15-16,21-22H,13-14H2,1-4H3,(H,25,27). The van der Waals surface area contributed by atoms with Gasteiger partial charge in [-0.1, -0.05) is 48.0 Å². The molecule has 4 heteroatoms. The Bertz CT molecular complexity index is 777. The minimum Gasteiger partial charge on any atom is -0.345 e.